The van der Waals surface area contributed by atoms with Crippen molar-refractivity contribution < 1.29 is 12.1 Å². The Morgan fingerprint density at radius 2 is 1.57 bits per heavy atom. The van der Waals surface area contributed by atoms with Crippen molar-refractivity contribution in [1.82, 2.24) is 0 Å². The smallest absolute Gasteiger partial charge is 0.323 e. The van der Waals surface area contributed by atoms with E-state index in [9.17, 15) is 0 Å². The molecule has 0 radical (unpaired) electrons. The van der Waals surface area contributed by atoms with E-state index in [1.54, 1.807) is 0 Å². The Hall–Kier alpha value is 0.881. The van der Waals surface area contributed by atoms with Crippen LogP contribution in [0.3, 0.4) is 0 Å². The topological polar surface area (TPSA) is 27.7 Å². The first-order valence-electron chi connectivity index (χ1n) is 4.74. The van der Waals surface area contributed by atoms with Crippen LogP contribution in [0.15, 0.2) is 0 Å². The van der Waals surface area contributed by atoms with Gasteiger partial charge < -0.3 is 12.1 Å². The third kappa shape index (κ3) is 8.21. The fourth-order valence-electron chi connectivity index (χ4n) is 1.32. The summed E-state index contributed by atoms with van der Waals surface area (Å²) in [5, 5.41) is 0. The van der Waals surface area contributed by atoms with Crippen molar-refractivity contribution in [2.24, 2.45) is 0 Å². The van der Waals surface area contributed by atoms with Crippen molar-refractivity contribution in [2.75, 3.05) is 6.26 Å². The summed E-state index contributed by atoms with van der Waals surface area (Å²) >= 11 is 1.38. The molecule has 0 heterocycles. The van der Waals surface area contributed by atoms with Gasteiger partial charge in [-0.15, -0.1) is 0 Å². The van der Waals surface area contributed by atoms with Crippen molar-refractivity contribution in [3.8, 4) is 0 Å². The molecule has 3 nitrogen and oxygen atoms in total. The van der Waals surface area contributed by atoms with Gasteiger partial charge in [-0.2, -0.15) is 0 Å². The van der Waals surface area contributed by atoms with E-state index >= 15 is 0 Å². The largest absolute Gasteiger partial charge is 0.437 e. The fourth-order valence-corrected chi connectivity index (χ4v) is 12.6. The predicted octanol–water partition coefficient (Wildman–Crippen LogP) is 2.70. The molecular weight excluding hydrogens is 248 g/mol. The van der Waals surface area contributed by atoms with Crippen LogP contribution in [0.2, 0.25) is 39.3 Å². The van der Waals surface area contributed by atoms with Gasteiger partial charge in [-0.3, -0.25) is 0 Å². The van der Waals surface area contributed by atoms with Gasteiger partial charge in [0.2, 0.25) is 0 Å². The van der Waals surface area contributed by atoms with Crippen LogP contribution in [-0.2, 0) is 12.1 Å². The Morgan fingerprint density at radius 1 is 1.07 bits per heavy atom. The summed E-state index contributed by atoms with van der Waals surface area (Å²) in [6, 6.07) is 0. The van der Waals surface area contributed by atoms with E-state index in [-0.39, 0.29) is 0 Å². The highest BCUT2D eigenvalue weighted by Gasteiger charge is 2.33. The summed E-state index contributed by atoms with van der Waals surface area (Å²) in [5.41, 5.74) is 0. The van der Waals surface area contributed by atoms with Gasteiger partial charge in [-0.05, 0) is 51.3 Å². The predicted molar refractivity (Wildman–Crippen MR) is 70.6 cm³/mol. The molecule has 0 bridgehead atoms. The Bertz CT molecular complexity index is 172. The highest BCUT2D eigenvalue weighted by molar-refractivity contribution is 7.94. The highest BCUT2D eigenvalue weighted by atomic mass is 32.2. The second kappa shape index (κ2) is 5.83. The van der Waals surface area contributed by atoms with E-state index in [2.05, 4.69) is 32.7 Å². The minimum atomic E-state index is -1.95. The molecule has 0 aliphatic carbocycles. The minimum absolute atomic E-state index is 1.38. The minimum Gasteiger partial charge on any atom is -0.437 e. The summed E-state index contributed by atoms with van der Waals surface area (Å²) < 4.78 is 17.3. The zero-order valence-corrected chi connectivity index (χ0v) is 14.2. The standard InChI is InChI=1S/C7H22O3SSi3/c1-11-8-12(2)9-14(6,7)10-13(3,4)5/h12H,1-7H3. The van der Waals surface area contributed by atoms with Gasteiger partial charge in [0.25, 0.3) is 0 Å². The molecule has 0 N–H and O–H groups in total. The maximum absolute atomic E-state index is 6.04. The molecule has 86 valence electrons. The summed E-state index contributed by atoms with van der Waals surface area (Å²) in [6.45, 7) is 12.8. The molecule has 0 aromatic heterocycles. The van der Waals surface area contributed by atoms with Gasteiger partial charge in [-0.25, -0.2) is 0 Å². The summed E-state index contributed by atoms with van der Waals surface area (Å²) in [6.07, 6.45) is 1.92. The Balaban J connectivity index is 4.06. The third-order valence-corrected chi connectivity index (χ3v) is 11.1. The molecule has 0 rings (SSSR count). The number of hydrogen-bond donors (Lipinski definition) is 0. The molecule has 0 saturated heterocycles. The molecular formula is C7H22O3SSi3. The van der Waals surface area contributed by atoms with E-state index < -0.39 is 26.2 Å². The first-order valence-corrected chi connectivity index (χ1v) is 14.2. The van der Waals surface area contributed by atoms with Crippen molar-refractivity contribution in [1.29, 1.82) is 0 Å². The van der Waals surface area contributed by atoms with E-state index in [0.29, 0.717) is 0 Å². The molecule has 0 aliphatic heterocycles. The third-order valence-electron chi connectivity index (χ3n) is 1.23. The average Bonchev–Trinajstić information content (AvgIpc) is 1.78. The molecule has 0 saturated carbocycles. The van der Waals surface area contributed by atoms with Gasteiger partial charge in [-0.1, -0.05) is 0 Å². The Kier molecular flexibility index (Phi) is 6.19. The normalized spacial score (nSPS) is 15.6. The van der Waals surface area contributed by atoms with Gasteiger partial charge in [0.05, 0.1) is 0 Å². The molecule has 0 aliphatic rings. The molecule has 1 atom stereocenters. The molecule has 0 aromatic rings. The van der Waals surface area contributed by atoms with Crippen LogP contribution in [0.4, 0.5) is 0 Å². The average molecular weight is 271 g/mol. The second-order valence-electron chi connectivity index (χ2n) is 4.56. The van der Waals surface area contributed by atoms with E-state index in [1.165, 1.54) is 12.0 Å². The monoisotopic (exact) mass is 270 g/mol. The lowest BCUT2D eigenvalue weighted by Gasteiger charge is -2.32. The Morgan fingerprint density at radius 3 is 1.93 bits per heavy atom. The second-order valence-corrected chi connectivity index (χ2v) is 15.6. The number of rotatable bonds is 6. The van der Waals surface area contributed by atoms with Crippen molar-refractivity contribution >= 4 is 38.2 Å². The first-order chi connectivity index (χ1) is 6.16. The highest BCUT2D eigenvalue weighted by Crippen LogP contribution is 2.17. The van der Waals surface area contributed by atoms with Crippen LogP contribution in [0.5, 0.6) is 0 Å². The molecule has 0 amide bonds. The molecule has 0 fully saturated rings. The van der Waals surface area contributed by atoms with E-state index in [4.69, 9.17) is 12.1 Å². The van der Waals surface area contributed by atoms with Gasteiger partial charge >= 0.3 is 17.8 Å². The first kappa shape index (κ1) is 14.9. The van der Waals surface area contributed by atoms with Crippen molar-refractivity contribution in [3.05, 3.63) is 0 Å². The lowest BCUT2D eigenvalue weighted by atomic mass is 11.8. The van der Waals surface area contributed by atoms with Crippen molar-refractivity contribution in [3.63, 3.8) is 0 Å². The van der Waals surface area contributed by atoms with E-state index in [1.807, 2.05) is 12.8 Å². The van der Waals surface area contributed by atoms with Gasteiger partial charge in [0.1, 0.15) is 0 Å². The molecule has 0 aromatic carbocycles. The molecule has 1 unspecified atom stereocenters. The van der Waals surface area contributed by atoms with Crippen molar-refractivity contribution in [2.45, 2.75) is 39.3 Å². The quantitative estimate of drug-likeness (QED) is 0.548. The molecule has 14 heavy (non-hydrogen) atoms. The summed E-state index contributed by atoms with van der Waals surface area (Å²) in [7, 11) is -4.93. The maximum atomic E-state index is 6.04. The van der Waals surface area contributed by atoms with Crippen LogP contribution in [0.25, 0.3) is 0 Å². The fraction of sp³-hybridized carbons (Fsp3) is 1.00. The molecule has 7 heteroatoms. The van der Waals surface area contributed by atoms with Gasteiger partial charge in [0, 0.05) is 6.26 Å². The van der Waals surface area contributed by atoms with Crippen LogP contribution in [0.1, 0.15) is 0 Å². The van der Waals surface area contributed by atoms with Crippen LogP contribution in [-0.4, -0.2) is 32.4 Å². The lowest BCUT2D eigenvalue weighted by molar-refractivity contribution is 0.366. The Labute approximate surface area is 96.0 Å². The van der Waals surface area contributed by atoms with Gasteiger partial charge in [0.15, 0.2) is 8.32 Å². The maximum Gasteiger partial charge on any atom is 0.323 e. The summed E-state index contributed by atoms with van der Waals surface area (Å²) in [4.78, 5) is 0. The van der Waals surface area contributed by atoms with Crippen LogP contribution < -0.4 is 0 Å². The number of hydrogen-bond acceptors (Lipinski definition) is 4. The zero-order chi connectivity index (χ0) is 11.4. The van der Waals surface area contributed by atoms with Crippen LogP contribution in [0, 0.1) is 0 Å². The van der Waals surface area contributed by atoms with E-state index in [0.717, 1.165) is 0 Å². The lowest BCUT2D eigenvalue weighted by Crippen LogP contribution is -2.47. The SMILES string of the molecule is CSO[SiH](C)O[Si](C)(C)O[Si](C)(C)C. The van der Waals surface area contributed by atoms with Crippen LogP contribution >= 0.6 is 12.0 Å². The molecule has 0 spiro atoms. The summed E-state index contributed by atoms with van der Waals surface area (Å²) in [5.74, 6) is 0. The zero-order valence-electron chi connectivity index (χ0n) is 10.2.